The zero-order valence-corrected chi connectivity index (χ0v) is 8.64. The summed E-state index contributed by atoms with van der Waals surface area (Å²) < 4.78 is 5.27. The molecule has 4 heteroatoms. The first-order valence-corrected chi connectivity index (χ1v) is 5.33. The van der Waals surface area contributed by atoms with Gasteiger partial charge in [-0.25, -0.2) is 0 Å². The Hall–Kier alpha value is -0.420. The van der Waals surface area contributed by atoms with Gasteiger partial charge < -0.3 is 4.74 Å². The van der Waals surface area contributed by atoms with Gasteiger partial charge in [-0.1, -0.05) is 6.07 Å². The van der Waals surface area contributed by atoms with Crippen molar-refractivity contribution in [2.75, 3.05) is 13.2 Å². The monoisotopic (exact) mass is 200 g/mol. The van der Waals surface area contributed by atoms with Crippen LogP contribution in [-0.2, 0) is 4.74 Å². The Morgan fingerprint density at radius 1 is 1.69 bits per heavy atom. The summed E-state index contributed by atoms with van der Waals surface area (Å²) >= 11 is 1.72. The predicted molar refractivity (Wildman–Crippen MR) is 55.5 cm³/mol. The van der Waals surface area contributed by atoms with Gasteiger partial charge in [0.05, 0.1) is 6.04 Å². The van der Waals surface area contributed by atoms with E-state index in [1.807, 2.05) is 13.0 Å². The van der Waals surface area contributed by atoms with Crippen molar-refractivity contribution in [1.82, 2.24) is 5.43 Å². The van der Waals surface area contributed by atoms with E-state index in [0.717, 1.165) is 19.6 Å². The number of ether oxygens (including phenoxy) is 1. The Morgan fingerprint density at radius 2 is 2.54 bits per heavy atom. The minimum absolute atomic E-state index is 0.228. The zero-order chi connectivity index (χ0) is 9.52. The van der Waals surface area contributed by atoms with Crippen LogP contribution in [0.4, 0.5) is 0 Å². The number of hydrogen-bond donors (Lipinski definition) is 2. The van der Waals surface area contributed by atoms with Crippen LogP contribution in [0, 0.1) is 0 Å². The molecule has 1 aromatic heterocycles. The highest BCUT2D eigenvalue weighted by molar-refractivity contribution is 7.10. The molecule has 0 aliphatic rings. The lowest BCUT2D eigenvalue weighted by Gasteiger charge is -2.13. The second kappa shape index (κ2) is 6.10. The molecule has 0 fully saturated rings. The molecule has 1 aromatic rings. The van der Waals surface area contributed by atoms with Crippen LogP contribution in [0.2, 0.25) is 0 Å². The second-order valence-corrected chi connectivity index (χ2v) is 3.70. The number of nitrogens with one attached hydrogen (secondary N) is 1. The number of hydrazine groups is 1. The molecule has 13 heavy (non-hydrogen) atoms. The number of hydrogen-bond acceptors (Lipinski definition) is 4. The summed E-state index contributed by atoms with van der Waals surface area (Å²) in [5.41, 5.74) is 2.79. The standard InChI is InChI=1S/C9H16N2OS/c1-2-12-6-5-8(11-10)9-4-3-7-13-9/h3-4,7-8,11H,2,5-6,10H2,1H3. The molecule has 0 radical (unpaired) electrons. The maximum atomic E-state index is 5.45. The van der Waals surface area contributed by atoms with Gasteiger partial charge in [0.25, 0.3) is 0 Å². The van der Waals surface area contributed by atoms with E-state index in [4.69, 9.17) is 10.6 Å². The third-order valence-corrected chi connectivity index (χ3v) is 2.83. The summed E-state index contributed by atoms with van der Waals surface area (Å²) in [6, 6.07) is 4.35. The molecule has 1 atom stereocenters. The molecular weight excluding hydrogens is 184 g/mol. The van der Waals surface area contributed by atoms with Crippen molar-refractivity contribution in [3.63, 3.8) is 0 Å². The minimum atomic E-state index is 0.228. The van der Waals surface area contributed by atoms with E-state index < -0.39 is 0 Å². The van der Waals surface area contributed by atoms with Gasteiger partial charge in [-0.2, -0.15) is 0 Å². The van der Waals surface area contributed by atoms with Crippen molar-refractivity contribution in [2.24, 2.45) is 5.84 Å². The highest BCUT2D eigenvalue weighted by atomic mass is 32.1. The fraction of sp³-hybridized carbons (Fsp3) is 0.556. The molecule has 1 heterocycles. The zero-order valence-electron chi connectivity index (χ0n) is 7.82. The normalized spacial score (nSPS) is 13.1. The van der Waals surface area contributed by atoms with E-state index in [1.165, 1.54) is 4.88 Å². The van der Waals surface area contributed by atoms with Crippen molar-refractivity contribution in [1.29, 1.82) is 0 Å². The summed E-state index contributed by atoms with van der Waals surface area (Å²) in [5, 5.41) is 2.06. The first-order valence-electron chi connectivity index (χ1n) is 4.45. The van der Waals surface area contributed by atoms with Gasteiger partial charge in [0, 0.05) is 18.1 Å². The quantitative estimate of drug-likeness (QED) is 0.417. The first kappa shape index (κ1) is 10.7. The van der Waals surface area contributed by atoms with Gasteiger partial charge in [0.1, 0.15) is 0 Å². The Balaban J connectivity index is 2.35. The van der Waals surface area contributed by atoms with Crippen molar-refractivity contribution in [3.8, 4) is 0 Å². The maximum absolute atomic E-state index is 5.45. The summed E-state index contributed by atoms with van der Waals surface area (Å²) in [6.07, 6.45) is 0.921. The van der Waals surface area contributed by atoms with E-state index in [9.17, 15) is 0 Å². The molecule has 1 unspecified atom stereocenters. The highest BCUT2D eigenvalue weighted by Gasteiger charge is 2.09. The van der Waals surface area contributed by atoms with Crippen LogP contribution in [0.15, 0.2) is 17.5 Å². The Bertz CT molecular complexity index is 213. The molecule has 0 aromatic carbocycles. The third kappa shape index (κ3) is 3.44. The Labute approximate surface area is 82.9 Å². The van der Waals surface area contributed by atoms with Crippen LogP contribution in [0.1, 0.15) is 24.3 Å². The van der Waals surface area contributed by atoms with Gasteiger partial charge in [-0.15, -0.1) is 11.3 Å². The average Bonchev–Trinajstić information content (AvgIpc) is 2.65. The van der Waals surface area contributed by atoms with Crippen molar-refractivity contribution in [3.05, 3.63) is 22.4 Å². The van der Waals surface area contributed by atoms with Gasteiger partial charge in [0.2, 0.25) is 0 Å². The van der Waals surface area contributed by atoms with E-state index in [1.54, 1.807) is 11.3 Å². The number of rotatable bonds is 6. The Morgan fingerprint density at radius 3 is 3.08 bits per heavy atom. The molecule has 3 N–H and O–H groups in total. The summed E-state index contributed by atoms with van der Waals surface area (Å²) in [7, 11) is 0. The van der Waals surface area contributed by atoms with E-state index >= 15 is 0 Å². The molecule has 0 aliphatic heterocycles. The maximum Gasteiger partial charge on any atom is 0.0575 e. The summed E-state index contributed by atoms with van der Waals surface area (Å²) in [5.74, 6) is 5.45. The fourth-order valence-corrected chi connectivity index (χ4v) is 1.96. The third-order valence-electron chi connectivity index (χ3n) is 1.84. The first-order chi connectivity index (χ1) is 6.38. The molecule has 0 amide bonds. The van der Waals surface area contributed by atoms with Crippen molar-refractivity contribution in [2.45, 2.75) is 19.4 Å². The van der Waals surface area contributed by atoms with Crippen LogP contribution in [0.25, 0.3) is 0 Å². The molecule has 1 rings (SSSR count). The fourth-order valence-electron chi connectivity index (χ4n) is 1.14. The van der Waals surface area contributed by atoms with Gasteiger partial charge in [0.15, 0.2) is 0 Å². The van der Waals surface area contributed by atoms with Crippen LogP contribution >= 0.6 is 11.3 Å². The predicted octanol–water partition coefficient (Wildman–Crippen LogP) is 1.68. The lowest BCUT2D eigenvalue weighted by molar-refractivity contribution is 0.136. The molecule has 74 valence electrons. The van der Waals surface area contributed by atoms with Crippen LogP contribution < -0.4 is 11.3 Å². The van der Waals surface area contributed by atoms with Gasteiger partial charge >= 0.3 is 0 Å². The van der Waals surface area contributed by atoms with Crippen LogP contribution in [0.3, 0.4) is 0 Å². The van der Waals surface area contributed by atoms with Crippen molar-refractivity contribution < 1.29 is 4.74 Å². The molecule has 0 saturated carbocycles. The average molecular weight is 200 g/mol. The lowest BCUT2D eigenvalue weighted by atomic mass is 10.2. The smallest absolute Gasteiger partial charge is 0.0575 e. The SMILES string of the molecule is CCOCCC(NN)c1cccs1. The topological polar surface area (TPSA) is 47.3 Å². The molecule has 0 bridgehead atoms. The van der Waals surface area contributed by atoms with Gasteiger partial charge in [-0.05, 0) is 24.8 Å². The molecule has 0 aliphatic carbocycles. The number of thiophene rings is 1. The molecule has 0 spiro atoms. The van der Waals surface area contributed by atoms with E-state index in [2.05, 4.69) is 16.9 Å². The van der Waals surface area contributed by atoms with E-state index in [0.29, 0.717) is 0 Å². The van der Waals surface area contributed by atoms with Crippen molar-refractivity contribution >= 4 is 11.3 Å². The van der Waals surface area contributed by atoms with Crippen LogP contribution in [-0.4, -0.2) is 13.2 Å². The summed E-state index contributed by atoms with van der Waals surface area (Å²) in [4.78, 5) is 1.27. The van der Waals surface area contributed by atoms with E-state index in [-0.39, 0.29) is 6.04 Å². The molecule has 3 nitrogen and oxygen atoms in total. The highest BCUT2D eigenvalue weighted by Crippen LogP contribution is 2.20. The molecule has 0 saturated heterocycles. The second-order valence-electron chi connectivity index (χ2n) is 2.72. The molecular formula is C9H16N2OS. The number of nitrogens with two attached hydrogens (primary N) is 1. The lowest BCUT2D eigenvalue weighted by Crippen LogP contribution is -2.28. The van der Waals surface area contributed by atoms with Crippen LogP contribution in [0.5, 0.6) is 0 Å². The minimum Gasteiger partial charge on any atom is -0.382 e. The Kier molecular flexibility index (Phi) is 5.00. The largest absolute Gasteiger partial charge is 0.382 e. The summed E-state index contributed by atoms with van der Waals surface area (Å²) in [6.45, 7) is 3.51. The van der Waals surface area contributed by atoms with Gasteiger partial charge in [-0.3, -0.25) is 11.3 Å².